The molecule has 118 valence electrons. The second-order valence-electron chi connectivity index (χ2n) is 4.94. The molecule has 1 aliphatic rings. The van der Waals surface area contributed by atoms with Crippen LogP contribution in [0.2, 0.25) is 0 Å². The van der Waals surface area contributed by atoms with Crippen molar-refractivity contribution in [1.82, 2.24) is 9.80 Å². The zero-order chi connectivity index (χ0) is 16.3. The van der Waals surface area contributed by atoms with Crippen molar-refractivity contribution in [3.8, 4) is 5.75 Å². The normalized spacial score (nSPS) is 14.6. The third kappa shape index (κ3) is 3.16. The van der Waals surface area contributed by atoms with Crippen molar-refractivity contribution in [3.05, 3.63) is 33.9 Å². The van der Waals surface area contributed by atoms with Crippen LogP contribution in [0.1, 0.15) is 17.3 Å². The number of methoxy groups -OCH3 is 1. The Morgan fingerprint density at radius 3 is 2.27 bits per heavy atom. The molecule has 0 aromatic heterocycles. The van der Waals surface area contributed by atoms with E-state index < -0.39 is 4.92 Å². The highest BCUT2D eigenvalue weighted by atomic mass is 16.6. The number of piperazine rings is 1. The predicted molar refractivity (Wildman–Crippen MR) is 77.8 cm³/mol. The highest BCUT2D eigenvalue weighted by molar-refractivity contribution is 5.97. The number of non-ortho nitro benzene ring substituents is 1. The molecule has 0 atom stereocenters. The van der Waals surface area contributed by atoms with E-state index in [2.05, 4.69) is 0 Å². The second-order valence-corrected chi connectivity index (χ2v) is 4.94. The van der Waals surface area contributed by atoms with Gasteiger partial charge in [0.25, 0.3) is 11.6 Å². The van der Waals surface area contributed by atoms with Gasteiger partial charge in [-0.05, 0) is 6.07 Å². The van der Waals surface area contributed by atoms with Gasteiger partial charge in [-0.2, -0.15) is 0 Å². The summed E-state index contributed by atoms with van der Waals surface area (Å²) in [5, 5.41) is 10.9. The van der Waals surface area contributed by atoms with Gasteiger partial charge < -0.3 is 14.5 Å². The highest BCUT2D eigenvalue weighted by Gasteiger charge is 2.26. The van der Waals surface area contributed by atoms with E-state index in [0.29, 0.717) is 31.9 Å². The third-order valence-electron chi connectivity index (χ3n) is 3.64. The number of rotatable bonds is 3. The lowest BCUT2D eigenvalue weighted by atomic mass is 10.1. The number of carbonyl (C=O) groups is 2. The maximum atomic E-state index is 12.6. The Morgan fingerprint density at radius 1 is 1.18 bits per heavy atom. The maximum absolute atomic E-state index is 12.6. The van der Waals surface area contributed by atoms with E-state index in [1.807, 2.05) is 0 Å². The minimum absolute atomic E-state index is 0.0278. The van der Waals surface area contributed by atoms with Gasteiger partial charge in [-0.3, -0.25) is 19.7 Å². The van der Waals surface area contributed by atoms with Gasteiger partial charge in [0.1, 0.15) is 5.75 Å². The van der Waals surface area contributed by atoms with Crippen LogP contribution in [0.15, 0.2) is 18.2 Å². The number of benzene rings is 1. The number of nitro groups is 1. The van der Waals surface area contributed by atoms with Crippen molar-refractivity contribution in [2.75, 3.05) is 33.3 Å². The van der Waals surface area contributed by atoms with Crippen molar-refractivity contribution in [2.45, 2.75) is 6.92 Å². The number of nitro benzene ring substituents is 1. The number of ether oxygens (including phenoxy) is 1. The van der Waals surface area contributed by atoms with Gasteiger partial charge in [0, 0.05) is 45.2 Å². The molecule has 1 fully saturated rings. The average Bonchev–Trinajstić information content (AvgIpc) is 2.53. The summed E-state index contributed by atoms with van der Waals surface area (Å²) in [6, 6.07) is 3.93. The highest BCUT2D eigenvalue weighted by Crippen LogP contribution is 2.25. The number of nitrogens with zero attached hydrogens (tertiary/aromatic N) is 3. The molecule has 8 heteroatoms. The summed E-state index contributed by atoms with van der Waals surface area (Å²) in [7, 11) is 1.41. The molecule has 1 aliphatic heterocycles. The van der Waals surface area contributed by atoms with Gasteiger partial charge in [-0.15, -0.1) is 0 Å². The van der Waals surface area contributed by atoms with Crippen LogP contribution in [0, 0.1) is 10.1 Å². The van der Waals surface area contributed by atoms with Gasteiger partial charge in [0.2, 0.25) is 5.91 Å². The topological polar surface area (TPSA) is 93.0 Å². The predicted octanol–water partition coefficient (Wildman–Crippen LogP) is 0.908. The van der Waals surface area contributed by atoms with E-state index in [9.17, 15) is 19.7 Å². The van der Waals surface area contributed by atoms with Crippen molar-refractivity contribution in [2.24, 2.45) is 0 Å². The molecule has 22 heavy (non-hydrogen) atoms. The fraction of sp³-hybridized carbons (Fsp3) is 0.429. The lowest BCUT2D eigenvalue weighted by molar-refractivity contribution is -0.384. The second kappa shape index (κ2) is 6.42. The third-order valence-corrected chi connectivity index (χ3v) is 3.64. The largest absolute Gasteiger partial charge is 0.496 e. The van der Waals surface area contributed by atoms with Crippen molar-refractivity contribution in [3.63, 3.8) is 0 Å². The number of amides is 2. The molecule has 0 N–H and O–H groups in total. The molecular weight excluding hydrogens is 290 g/mol. The van der Waals surface area contributed by atoms with Crippen LogP contribution < -0.4 is 4.74 Å². The zero-order valence-corrected chi connectivity index (χ0v) is 12.4. The zero-order valence-electron chi connectivity index (χ0n) is 12.4. The fourth-order valence-electron chi connectivity index (χ4n) is 2.37. The standard InChI is InChI=1S/C14H17N3O5/c1-10(18)15-5-7-16(8-6-15)14(19)12-9-11(17(20)21)3-4-13(12)22-2/h3-4,9H,5-8H2,1-2H3. The Morgan fingerprint density at radius 2 is 1.77 bits per heavy atom. The van der Waals surface area contributed by atoms with E-state index in [4.69, 9.17) is 4.74 Å². The van der Waals surface area contributed by atoms with Crippen molar-refractivity contribution in [1.29, 1.82) is 0 Å². The first-order valence-corrected chi connectivity index (χ1v) is 6.81. The van der Waals surface area contributed by atoms with Gasteiger partial charge >= 0.3 is 0 Å². The summed E-state index contributed by atoms with van der Waals surface area (Å²) in [5.74, 6) is -0.0617. The summed E-state index contributed by atoms with van der Waals surface area (Å²) in [6.07, 6.45) is 0. The molecule has 1 saturated heterocycles. The number of hydrogen-bond donors (Lipinski definition) is 0. The lowest BCUT2D eigenvalue weighted by Gasteiger charge is -2.34. The molecule has 2 rings (SSSR count). The summed E-state index contributed by atoms with van der Waals surface area (Å²) in [4.78, 5) is 37.4. The summed E-state index contributed by atoms with van der Waals surface area (Å²) < 4.78 is 5.12. The van der Waals surface area contributed by atoms with E-state index in [1.165, 1.54) is 32.2 Å². The summed E-state index contributed by atoms with van der Waals surface area (Å²) in [5.41, 5.74) is -0.000466. The molecule has 0 spiro atoms. The Balaban J connectivity index is 2.20. The Hall–Kier alpha value is -2.64. The first-order chi connectivity index (χ1) is 10.4. The molecule has 1 heterocycles. The van der Waals surface area contributed by atoms with Crippen LogP contribution >= 0.6 is 0 Å². The summed E-state index contributed by atoms with van der Waals surface area (Å²) in [6.45, 7) is 3.19. The van der Waals surface area contributed by atoms with Gasteiger partial charge in [0.15, 0.2) is 0 Å². The van der Waals surface area contributed by atoms with Gasteiger partial charge in [-0.25, -0.2) is 0 Å². The fourth-order valence-corrected chi connectivity index (χ4v) is 2.37. The molecule has 1 aromatic rings. The van der Waals surface area contributed by atoms with Gasteiger partial charge in [0.05, 0.1) is 17.6 Å². The molecule has 1 aromatic carbocycles. The van der Waals surface area contributed by atoms with Crippen LogP contribution in [0.5, 0.6) is 5.75 Å². The van der Waals surface area contributed by atoms with Crippen LogP contribution in [-0.4, -0.2) is 59.8 Å². The molecule has 2 amide bonds. The molecule has 8 nitrogen and oxygen atoms in total. The minimum Gasteiger partial charge on any atom is -0.496 e. The Bertz CT molecular complexity index is 608. The van der Waals surface area contributed by atoms with Crippen LogP contribution in [0.4, 0.5) is 5.69 Å². The Labute approximate surface area is 127 Å². The van der Waals surface area contributed by atoms with Crippen molar-refractivity contribution < 1.29 is 19.2 Å². The maximum Gasteiger partial charge on any atom is 0.270 e. The molecule has 0 radical (unpaired) electrons. The van der Waals surface area contributed by atoms with E-state index in [0.717, 1.165) is 0 Å². The summed E-state index contributed by atoms with van der Waals surface area (Å²) >= 11 is 0. The molecule has 0 unspecified atom stereocenters. The minimum atomic E-state index is -0.552. The lowest BCUT2D eigenvalue weighted by Crippen LogP contribution is -2.50. The molecule has 0 aliphatic carbocycles. The quantitative estimate of drug-likeness (QED) is 0.611. The molecule has 0 saturated carbocycles. The first-order valence-electron chi connectivity index (χ1n) is 6.81. The number of carbonyl (C=O) groups excluding carboxylic acids is 2. The monoisotopic (exact) mass is 307 g/mol. The molecule has 0 bridgehead atoms. The van der Waals surface area contributed by atoms with Crippen LogP contribution in [0.3, 0.4) is 0 Å². The van der Waals surface area contributed by atoms with Crippen LogP contribution in [-0.2, 0) is 4.79 Å². The SMILES string of the molecule is COc1ccc([N+](=O)[O-])cc1C(=O)N1CCN(C(C)=O)CC1. The average molecular weight is 307 g/mol. The smallest absolute Gasteiger partial charge is 0.270 e. The molecular formula is C14H17N3O5. The van der Waals surface area contributed by atoms with Crippen LogP contribution in [0.25, 0.3) is 0 Å². The Kier molecular flexibility index (Phi) is 4.59. The first kappa shape index (κ1) is 15.7. The van der Waals surface area contributed by atoms with E-state index >= 15 is 0 Å². The number of hydrogen-bond acceptors (Lipinski definition) is 5. The van der Waals surface area contributed by atoms with E-state index in [-0.39, 0.29) is 23.1 Å². The van der Waals surface area contributed by atoms with E-state index in [1.54, 1.807) is 9.80 Å². The van der Waals surface area contributed by atoms with Crippen molar-refractivity contribution >= 4 is 17.5 Å². The van der Waals surface area contributed by atoms with Gasteiger partial charge in [-0.1, -0.05) is 0 Å².